The molecule has 0 saturated carbocycles. The summed E-state index contributed by atoms with van der Waals surface area (Å²) in [6, 6.07) is 7.58. The molecule has 0 aromatic heterocycles. The Balaban J connectivity index is 2.88. The van der Waals surface area contributed by atoms with Crippen molar-refractivity contribution in [2.45, 2.75) is 0 Å². The molecule has 0 unspecified atom stereocenters. The summed E-state index contributed by atoms with van der Waals surface area (Å²) in [5.41, 5.74) is 0.949. The average molecular weight is 239 g/mol. The third kappa shape index (κ3) is 2.97. The topological polar surface area (TPSA) is 12.5 Å². The van der Waals surface area contributed by atoms with E-state index in [-0.39, 0.29) is 0 Å². The van der Waals surface area contributed by atoms with Crippen molar-refractivity contribution >= 4 is 34.3 Å². The summed E-state index contributed by atoms with van der Waals surface area (Å²) in [6.07, 6.45) is 0. The molecule has 0 atom stereocenters. The van der Waals surface area contributed by atoms with E-state index in [2.05, 4.69) is 0 Å². The van der Waals surface area contributed by atoms with Gasteiger partial charge < -0.3 is 9.64 Å². The third-order valence-corrected chi connectivity index (χ3v) is 3.08. The van der Waals surface area contributed by atoms with Gasteiger partial charge in [-0.3, -0.25) is 0 Å². The molecule has 0 aliphatic rings. The van der Waals surface area contributed by atoms with E-state index in [4.69, 9.17) is 29.2 Å². The summed E-state index contributed by atoms with van der Waals surface area (Å²) >= 11 is 10.5. The summed E-state index contributed by atoms with van der Waals surface area (Å²) in [6.45, 7) is 0. The van der Waals surface area contributed by atoms with Crippen LogP contribution in [0, 0.1) is 0 Å². The standard InChI is InChI=1S/C11H13NOS2/c1-12(2)11(15)10(14)8-4-6-9(13-3)7-5-8/h4-7H,1-3H3. The summed E-state index contributed by atoms with van der Waals surface area (Å²) in [5, 5.41) is 0. The minimum Gasteiger partial charge on any atom is -0.497 e. The second-order valence-electron chi connectivity index (χ2n) is 3.26. The highest BCUT2D eigenvalue weighted by Gasteiger charge is 2.09. The Morgan fingerprint density at radius 1 is 1.13 bits per heavy atom. The fourth-order valence-electron chi connectivity index (χ4n) is 1.07. The number of likely N-dealkylation sites (N-methyl/N-ethyl adjacent to an activating group) is 1. The van der Waals surface area contributed by atoms with Gasteiger partial charge in [-0.2, -0.15) is 0 Å². The van der Waals surface area contributed by atoms with E-state index in [0.717, 1.165) is 11.3 Å². The maximum Gasteiger partial charge on any atom is 0.120 e. The molecule has 0 N–H and O–H groups in total. The highest BCUT2D eigenvalue weighted by molar-refractivity contribution is 7.89. The predicted octanol–water partition coefficient (Wildman–Crippen LogP) is 2.30. The van der Waals surface area contributed by atoms with Crippen molar-refractivity contribution in [1.82, 2.24) is 4.90 Å². The zero-order valence-corrected chi connectivity index (χ0v) is 10.6. The molecule has 0 aliphatic heterocycles. The molecule has 1 aromatic carbocycles. The number of benzene rings is 1. The fourth-order valence-corrected chi connectivity index (χ4v) is 1.51. The first-order valence-electron chi connectivity index (χ1n) is 4.46. The van der Waals surface area contributed by atoms with E-state index in [1.165, 1.54) is 0 Å². The van der Waals surface area contributed by atoms with E-state index in [9.17, 15) is 0 Å². The zero-order valence-electron chi connectivity index (χ0n) is 8.98. The van der Waals surface area contributed by atoms with Crippen molar-refractivity contribution in [3.63, 3.8) is 0 Å². The van der Waals surface area contributed by atoms with Crippen LogP contribution in [0.4, 0.5) is 0 Å². The number of rotatable bonds is 3. The molecule has 0 heterocycles. The van der Waals surface area contributed by atoms with Crippen LogP contribution in [0.5, 0.6) is 5.75 Å². The van der Waals surface area contributed by atoms with Crippen LogP contribution in [0.3, 0.4) is 0 Å². The molecule has 0 radical (unpaired) electrons. The Morgan fingerprint density at radius 3 is 2.07 bits per heavy atom. The summed E-state index contributed by atoms with van der Waals surface area (Å²) in [7, 11) is 5.41. The highest BCUT2D eigenvalue weighted by atomic mass is 32.1. The molecule has 0 fully saturated rings. The van der Waals surface area contributed by atoms with Gasteiger partial charge in [0.1, 0.15) is 10.7 Å². The lowest BCUT2D eigenvalue weighted by molar-refractivity contribution is 0.415. The molecule has 1 rings (SSSR count). The fraction of sp³-hybridized carbons (Fsp3) is 0.273. The molecule has 80 valence electrons. The molecule has 15 heavy (non-hydrogen) atoms. The van der Waals surface area contributed by atoms with Crippen molar-refractivity contribution in [3.05, 3.63) is 29.8 Å². The smallest absolute Gasteiger partial charge is 0.120 e. The van der Waals surface area contributed by atoms with Crippen LogP contribution in [-0.4, -0.2) is 36.0 Å². The quantitative estimate of drug-likeness (QED) is 0.592. The van der Waals surface area contributed by atoms with Gasteiger partial charge >= 0.3 is 0 Å². The van der Waals surface area contributed by atoms with Gasteiger partial charge in [-0.25, -0.2) is 0 Å². The molecule has 1 aromatic rings. The van der Waals surface area contributed by atoms with E-state index in [0.29, 0.717) is 9.85 Å². The molecule has 0 amide bonds. The normalized spacial score (nSPS) is 9.53. The van der Waals surface area contributed by atoms with E-state index >= 15 is 0 Å². The van der Waals surface area contributed by atoms with Crippen molar-refractivity contribution in [2.24, 2.45) is 0 Å². The third-order valence-electron chi connectivity index (χ3n) is 1.95. The Kier molecular flexibility index (Phi) is 4.17. The lowest BCUT2D eigenvalue weighted by atomic mass is 10.1. The summed E-state index contributed by atoms with van der Waals surface area (Å²) in [4.78, 5) is 3.20. The Morgan fingerprint density at radius 2 is 1.67 bits per heavy atom. The van der Waals surface area contributed by atoms with Gasteiger partial charge in [0, 0.05) is 14.1 Å². The number of thiocarbonyl (C=S) groups is 2. The molecular weight excluding hydrogens is 226 g/mol. The van der Waals surface area contributed by atoms with Crippen LogP contribution in [0.15, 0.2) is 24.3 Å². The van der Waals surface area contributed by atoms with Crippen LogP contribution in [0.1, 0.15) is 5.56 Å². The summed E-state index contributed by atoms with van der Waals surface area (Å²) in [5.74, 6) is 0.817. The van der Waals surface area contributed by atoms with E-state index < -0.39 is 0 Å². The molecule has 0 spiro atoms. The zero-order chi connectivity index (χ0) is 11.4. The first-order valence-corrected chi connectivity index (χ1v) is 5.28. The molecule has 0 aliphatic carbocycles. The van der Waals surface area contributed by atoms with Gasteiger partial charge in [-0.15, -0.1) is 0 Å². The minimum atomic E-state index is 0.676. The van der Waals surface area contributed by atoms with E-state index in [1.54, 1.807) is 7.11 Å². The maximum atomic E-state index is 5.28. The molecule has 0 saturated heterocycles. The number of ether oxygens (including phenoxy) is 1. The number of hydrogen-bond donors (Lipinski definition) is 0. The first kappa shape index (κ1) is 12.1. The van der Waals surface area contributed by atoms with Gasteiger partial charge in [0.25, 0.3) is 0 Å². The molecule has 2 nitrogen and oxygen atoms in total. The van der Waals surface area contributed by atoms with Gasteiger partial charge in [-0.1, -0.05) is 24.4 Å². The average Bonchev–Trinajstić information content (AvgIpc) is 2.27. The Hall–Kier alpha value is -1.00. The second-order valence-corrected chi connectivity index (χ2v) is 4.05. The van der Waals surface area contributed by atoms with Gasteiger partial charge in [0.15, 0.2) is 0 Å². The summed E-state index contributed by atoms with van der Waals surface area (Å²) < 4.78 is 5.07. The number of nitrogens with zero attached hydrogens (tertiary/aromatic N) is 1. The van der Waals surface area contributed by atoms with Crippen LogP contribution >= 0.6 is 24.4 Å². The lowest BCUT2D eigenvalue weighted by Crippen LogP contribution is -2.27. The van der Waals surface area contributed by atoms with Crippen molar-refractivity contribution < 1.29 is 4.74 Å². The van der Waals surface area contributed by atoms with Gasteiger partial charge in [0.05, 0.1) is 12.0 Å². The van der Waals surface area contributed by atoms with Crippen molar-refractivity contribution in [3.8, 4) is 5.75 Å². The Bertz CT molecular complexity index is 371. The van der Waals surface area contributed by atoms with Crippen LogP contribution in [0.25, 0.3) is 0 Å². The number of hydrogen-bond acceptors (Lipinski definition) is 3. The second kappa shape index (κ2) is 5.19. The van der Waals surface area contributed by atoms with Crippen LogP contribution < -0.4 is 4.74 Å². The SMILES string of the molecule is COc1ccc(C(=S)C(=S)N(C)C)cc1. The molecule has 0 bridgehead atoms. The van der Waals surface area contributed by atoms with Crippen LogP contribution in [-0.2, 0) is 0 Å². The van der Waals surface area contributed by atoms with Crippen molar-refractivity contribution in [1.29, 1.82) is 0 Å². The Labute approximate surface area is 101 Å². The maximum absolute atomic E-state index is 5.28. The molecule has 4 heteroatoms. The molecular formula is C11H13NOS2. The highest BCUT2D eigenvalue weighted by Crippen LogP contribution is 2.13. The monoisotopic (exact) mass is 239 g/mol. The largest absolute Gasteiger partial charge is 0.497 e. The number of methoxy groups -OCH3 is 1. The van der Waals surface area contributed by atoms with Crippen molar-refractivity contribution in [2.75, 3.05) is 21.2 Å². The first-order chi connectivity index (χ1) is 7.06. The van der Waals surface area contributed by atoms with Gasteiger partial charge in [-0.05, 0) is 29.8 Å². The van der Waals surface area contributed by atoms with Crippen LogP contribution in [0.2, 0.25) is 0 Å². The van der Waals surface area contributed by atoms with Gasteiger partial charge in [0.2, 0.25) is 0 Å². The lowest BCUT2D eigenvalue weighted by Gasteiger charge is -2.14. The predicted molar refractivity (Wildman–Crippen MR) is 71.0 cm³/mol. The van der Waals surface area contributed by atoms with E-state index in [1.807, 2.05) is 43.3 Å². The minimum absolute atomic E-state index is 0.676.